The monoisotopic (exact) mass is 335 g/mol. The molecule has 0 unspecified atom stereocenters. The van der Waals surface area contributed by atoms with Gasteiger partial charge in [-0.2, -0.15) is 9.97 Å². The smallest absolute Gasteiger partial charge is 0.224 e. The van der Waals surface area contributed by atoms with Crippen LogP contribution in [0.15, 0.2) is 24.4 Å². The van der Waals surface area contributed by atoms with E-state index >= 15 is 0 Å². The number of benzene rings is 1. The Balaban J connectivity index is 1.85. The second-order valence-corrected chi connectivity index (χ2v) is 5.39. The Bertz CT molecular complexity index is 833. The Hall–Kier alpha value is -2.38. The van der Waals surface area contributed by atoms with Crippen molar-refractivity contribution in [3.8, 4) is 0 Å². The molecule has 0 aliphatic rings. The number of hydrogen-bond donors (Lipinski definition) is 3. The summed E-state index contributed by atoms with van der Waals surface area (Å²) < 4.78 is 0. The third-order valence-corrected chi connectivity index (χ3v) is 3.27. The van der Waals surface area contributed by atoms with Crippen LogP contribution in [0, 0.1) is 0 Å². The maximum absolute atomic E-state index is 5.95. The van der Waals surface area contributed by atoms with Gasteiger partial charge >= 0.3 is 0 Å². The molecule has 2 heterocycles. The molecule has 0 radical (unpaired) electrons. The second-order valence-electron chi connectivity index (χ2n) is 4.51. The van der Waals surface area contributed by atoms with Gasteiger partial charge in [-0.15, -0.1) is 0 Å². The number of aromatic nitrogens is 4. The van der Waals surface area contributed by atoms with Gasteiger partial charge < -0.3 is 16.8 Å². The van der Waals surface area contributed by atoms with E-state index in [9.17, 15) is 0 Å². The summed E-state index contributed by atoms with van der Waals surface area (Å²) in [7, 11) is 0. The van der Waals surface area contributed by atoms with Crippen LogP contribution in [0.3, 0.4) is 0 Å². The van der Waals surface area contributed by atoms with Crippen LogP contribution in [0.1, 0.15) is 5.69 Å². The fourth-order valence-electron chi connectivity index (χ4n) is 1.92. The highest BCUT2D eigenvalue weighted by molar-refractivity contribution is 6.35. The molecule has 7 nitrogen and oxygen atoms in total. The molecule has 2 aromatic heterocycles. The fourth-order valence-corrected chi connectivity index (χ4v) is 2.44. The molecule has 3 aromatic rings. The van der Waals surface area contributed by atoms with Crippen molar-refractivity contribution in [2.24, 2.45) is 0 Å². The minimum atomic E-state index is 0.0683. The first-order chi connectivity index (χ1) is 10.5. The van der Waals surface area contributed by atoms with Crippen molar-refractivity contribution in [3.05, 3.63) is 40.1 Å². The minimum absolute atomic E-state index is 0.0683. The maximum atomic E-state index is 5.95. The Morgan fingerprint density at radius 3 is 2.45 bits per heavy atom. The molecule has 9 heteroatoms. The number of anilines is 3. The van der Waals surface area contributed by atoms with Crippen LogP contribution in [-0.2, 0) is 6.54 Å². The maximum Gasteiger partial charge on any atom is 0.224 e. The molecule has 112 valence electrons. The van der Waals surface area contributed by atoms with Crippen LogP contribution >= 0.6 is 23.2 Å². The van der Waals surface area contributed by atoms with Crippen molar-refractivity contribution in [3.63, 3.8) is 0 Å². The summed E-state index contributed by atoms with van der Waals surface area (Å²) >= 11 is 11.9. The number of nitrogens with one attached hydrogen (secondary N) is 1. The van der Waals surface area contributed by atoms with Crippen molar-refractivity contribution >= 4 is 51.8 Å². The summed E-state index contributed by atoms with van der Waals surface area (Å²) in [6.45, 7) is 0.420. The van der Waals surface area contributed by atoms with Gasteiger partial charge in [-0.3, -0.25) is 0 Å². The summed E-state index contributed by atoms with van der Waals surface area (Å²) in [5.74, 6) is 0.265. The molecule has 0 fully saturated rings. The molecular weight excluding hydrogens is 325 g/mol. The average molecular weight is 336 g/mol. The minimum Gasteiger partial charge on any atom is -0.382 e. The van der Waals surface area contributed by atoms with Gasteiger partial charge in [0.2, 0.25) is 5.95 Å². The lowest BCUT2D eigenvalue weighted by Crippen LogP contribution is -2.07. The van der Waals surface area contributed by atoms with Gasteiger partial charge in [-0.05, 0) is 18.2 Å². The molecule has 0 bridgehead atoms. The molecule has 0 aliphatic heterocycles. The summed E-state index contributed by atoms with van der Waals surface area (Å²) in [4.78, 5) is 16.4. The topological polar surface area (TPSA) is 116 Å². The molecule has 0 saturated carbocycles. The quantitative estimate of drug-likeness (QED) is 0.673. The van der Waals surface area contributed by atoms with Crippen molar-refractivity contribution in [1.82, 2.24) is 19.9 Å². The molecule has 0 aliphatic carbocycles. The van der Waals surface area contributed by atoms with E-state index in [4.69, 9.17) is 34.7 Å². The van der Waals surface area contributed by atoms with Crippen LogP contribution in [-0.4, -0.2) is 19.9 Å². The number of nitrogen functional groups attached to an aromatic ring is 2. The summed E-state index contributed by atoms with van der Waals surface area (Å²) in [5, 5.41) is 4.26. The molecule has 0 spiro atoms. The van der Waals surface area contributed by atoms with Crippen molar-refractivity contribution in [2.75, 3.05) is 16.8 Å². The number of rotatable bonds is 3. The average Bonchev–Trinajstić information content (AvgIpc) is 2.44. The van der Waals surface area contributed by atoms with Gasteiger partial charge in [0.05, 0.1) is 18.4 Å². The second kappa shape index (κ2) is 5.78. The van der Waals surface area contributed by atoms with Gasteiger partial charge in [0.15, 0.2) is 17.0 Å². The van der Waals surface area contributed by atoms with Crippen molar-refractivity contribution in [2.45, 2.75) is 6.54 Å². The summed E-state index contributed by atoms with van der Waals surface area (Å²) in [5.41, 5.74) is 13.5. The number of fused-ring (bicyclic) bond motifs is 1. The predicted molar refractivity (Wildman–Crippen MR) is 87.7 cm³/mol. The fraction of sp³-hybridized carbons (Fsp3) is 0.0769. The van der Waals surface area contributed by atoms with Gasteiger partial charge in [-0.25, -0.2) is 9.97 Å². The number of hydrogen-bond acceptors (Lipinski definition) is 7. The van der Waals surface area contributed by atoms with Gasteiger partial charge in [0, 0.05) is 15.7 Å². The zero-order chi connectivity index (χ0) is 15.7. The number of nitrogens with zero attached hydrogens (tertiary/aromatic N) is 4. The van der Waals surface area contributed by atoms with E-state index in [0.29, 0.717) is 33.4 Å². The SMILES string of the molecule is Nc1nc(N)c2nc(CNc3cc(Cl)cc(Cl)c3)cnc2n1. The number of halogens is 2. The highest BCUT2D eigenvalue weighted by Gasteiger charge is 2.07. The lowest BCUT2D eigenvalue weighted by Gasteiger charge is -2.08. The zero-order valence-corrected chi connectivity index (χ0v) is 12.7. The third kappa shape index (κ3) is 3.10. The van der Waals surface area contributed by atoms with Crippen molar-refractivity contribution < 1.29 is 0 Å². The molecule has 22 heavy (non-hydrogen) atoms. The molecule has 0 saturated heterocycles. The van der Waals surface area contributed by atoms with Crippen LogP contribution in [0.2, 0.25) is 10.0 Å². The molecular formula is C13H11Cl2N7. The van der Waals surface area contributed by atoms with E-state index in [1.54, 1.807) is 24.4 Å². The van der Waals surface area contributed by atoms with Crippen LogP contribution in [0.5, 0.6) is 0 Å². The normalized spacial score (nSPS) is 10.8. The lowest BCUT2D eigenvalue weighted by atomic mass is 10.3. The van der Waals surface area contributed by atoms with E-state index in [0.717, 1.165) is 5.69 Å². The van der Waals surface area contributed by atoms with Gasteiger partial charge in [-0.1, -0.05) is 23.2 Å². The Morgan fingerprint density at radius 2 is 1.73 bits per heavy atom. The van der Waals surface area contributed by atoms with Gasteiger partial charge in [0.25, 0.3) is 0 Å². The standard InChI is InChI=1S/C13H11Cl2N7/c14-6-1-7(15)3-8(2-6)18-4-9-5-19-12-10(20-9)11(16)21-13(17)22-12/h1-3,5,18H,4H2,(H4,16,17,19,21,22). The highest BCUT2D eigenvalue weighted by atomic mass is 35.5. The first-order valence-electron chi connectivity index (χ1n) is 6.26. The van der Waals surface area contributed by atoms with E-state index in [1.165, 1.54) is 0 Å². The summed E-state index contributed by atoms with van der Waals surface area (Å²) in [6, 6.07) is 5.19. The predicted octanol–water partition coefficient (Wildman–Crippen LogP) is 2.50. The van der Waals surface area contributed by atoms with E-state index in [1.807, 2.05) is 0 Å². The van der Waals surface area contributed by atoms with Gasteiger partial charge in [0.1, 0.15) is 0 Å². The largest absolute Gasteiger partial charge is 0.382 e. The van der Waals surface area contributed by atoms with Crippen LogP contribution < -0.4 is 16.8 Å². The zero-order valence-electron chi connectivity index (χ0n) is 11.2. The highest BCUT2D eigenvalue weighted by Crippen LogP contribution is 2.23. The third-order valence-electron chi connectivity index (χ3n) is 2.84. The first kappa shape index (κ1) is 14.6. The molecule has 0 atom stereocenters. The molecule has 3 rings (SSSR count). The number of nitrogens with two attached hydrogens (primary N) is 2. The van der Waals surface area contributed by atoms with E-state index in [-0.39, 0.29) is 11.8 Å². The Kier molecular flexibility index (Phi) is 3.82. The van der Waals surface area contributed by atoms with E-state index < -0.39 is 0 Å². The summed E-state index contributed by atoms with van der Waals surface area (Å²) in [6.07, 6.45) is 1.59. The Morgan fingerprint density at radius 1 is 1.00 bits per heavy atom. The molecule has 1 aromatic carbocycles. The Labute approximate surface area is 135 Å². The van der Waals surface area contributed by atoms with Crippen LogP contribution in [0.25, 0.3) is 11.2 Å². The van der Waals surface area contributed by atoms with E-state index in [2.05, 4.69) is 25.3 Å². The molecule has 5 N–H and O–H groups in total. The van der Waals surface area contributed by atoms with Crippen LogP contribution in [0.4, 0.5) is 17.5 Å². The molecule has 0 amide bonds. The lowest BCUT2D eigenvalue weighted by molar-refractivity contribution is 1.03. The van der Waals surface area contributed by atoms with Crippen molar-refractivity contribution in [1.29, 1.82) is 0 Å². The first-order valence-corrected chi connectivity index (χ1v) is 7.01.